The Bertz CT molecular complexity index is 715. The predicted molar refractivity (Wildman–Crippen MR) is 87.1 cm³/mol. The number of hydrogen-bond donors (Lipinski definition) is 1. The molecule has 6 heteroatoms. The smallest absolute Gasteiger partial charge is 0.320 e. The molecule has 0 bridgehead atoms. The number of carboxylic acids is 1. The Labute approximate surface area is 140 Å². The third kappa shape index (κ3) is 2.82. The van der Waals surface area contributed by atoms with Crippen molar-refractivity contribution in [1.82, 2.24) is 15.0 Å². The van der Waals surface area contributed by atoms with E-state index in [2.05, 4.69) is 15.0 Å². The first kappa shape index (κ1) is 15.3. The number of carboxylic acid groups (broad SMARTS) is 1. The van der Waals surface area contributed by atoms with E-state index in [4.69, 9.17) is 4.52 Å². The summed E-state index contributed by atoms with van der Waals surface area (Å²) in [7, 11) is 0. The van der Waals surface area contributed by atoms with Crippen molar-refractivity contribution in [3.05, 3.63) is 36.2 Å². The summed E-state index contributed by atoms with van der Waals surface area (Å²) in [6.45, 7) is 0.415. The molecule has 126 valence electrons. The van der Waals surface area contributed by atoms with Crippen LogP contribution in [0.3, 0.4) is 0 Å². The highest BCUT2D eigenvalue weighted by Gasteiger charge is 2.45. The van der Waals surface area contributed by atoms with E-state index in [1.807, 2.05) is 30.3 Å². The van der Waals surface area contributed by atoms with Crippen LogP contribution in [-0.2, 0) is 11.3 Å². The van der Waals surface area contributed by atoms with Crippen LogP contribution in [0.4, 0.5) is 0 Å². The monoisotopic (exact) mass is 327 g/mol. The van der Waals surface area contributed by atoms with E-state index in [0.717, 1.165) is 24.8 Å². The Morgan fingerprint density at radius 1 is 1.25 bits per heavy atom. The molecule has 1 saturated carbocycles. The number of nitrogens with zero attached hydrogens (tertiary/aromatic N) is 3. The van der Waals surface area contributed by atoms with Crippen molar-refractivity contribution < 1.29 is 14.4 Å². The molecule has 2 fully saturated rings. The average molecular weight is 327 g/mol. The Morgan fingerprint density at radius 2 is 2.04 bits per heavy atom. The number of aliphatic carboxylic acids is 1. The molecule has 24 heavy (non-hydrogen) atoms. The van der Waals surface area contributed by atoms with Crippen molar-refractivity contribution in [2.75, 3.05) is 0 Å². The molecule has 2 aromatic rings. The van der Waals surface area contributed by atoms with Gasteiger partial charge in [-0.15, -0.1) is 0 Å². The third-order valence-corrected chi connectivity index (χ3v) is 5.32. The second-order valence-corrected chi connectivity index (χ2v) is 6.75. The zero-order valence-corrected chi connectivity index (χ0v) is 13.5. The first-order valence-corrected chi connectivity index (χ1v) is 8.59. The van der Waals surface area contributed by atoms with E-state index in [9.17, 15) is 9.90 Å². The lowest BCUT2D eigenvalue weighted by Crippen LogP contribution is -2.41. The van der Waals surface area contributed by atoms with Gasteiger partial charge in [-0.3, -0.25) is 9.69 Å². The van der Waals surface area contributed by atoms with Crippen LogP contribution in [0.5, 0.6) is 0 Å². The number of fused-ring (bicyclic) bond motifs is 1. The van der Waals surface area contributed by atoms with Crippen LogP contribution in [0, 0.1) is 5.92 Å². The lowest BCUT2D eigenvalue weighted by molar-refractivity contribution is -0.143. The minimum Gasteiger partial charge on any atom is -0.480 e. The summed E-state index contributed by atoms with van der Waals surface area (Å²) in [5, 5.41) is 13.6. The molecule has 2 heterocycles. The largest absolute Gasteiger partial charge is 0.480 e. The van der Waals surface area contributed by atoms with E-state index >= 15 is 0 Å². The summed E-state index contributed by atoms with van der Waals surface area (Å²) >= 11 is 0. The van der Waals surface area contributed by atoms with Crippen LogP contribution in [0.25, 0.3) is 11.4 Å². The van der Waals surface area contributed by atoms with Gasteiger partial charge in [0.2, 0.25) is 11.7 Å². The number of aromatic nitrogens is 2. The van der Waals surface area contributed by atoms with E-state index in [1.165, 1.54) is 12.8 Å². The zero-order valence-electron chi connectivity index (χ0n) is 13.5. The molecule has 0 amide bonds. The van der Waals surface area contributed by atoms with Gasteiger partial charge < -0.3 is 9.63 Å². The first-order chi connectivity index (χ1) is 11.7. The van der Waals surface area contributed by atoms with Gasteiger partial charge in [0.25, 0.3) is 0 Å². The fraction of sp³-hybridized carbons (Fsp3) is 0.500. The van der Waals surface area contributed by atoms with E-state index in [1.54, 1.807) is 0 Å². The van der Waals surface area contributed by atoms with Crippen LogP contribution in [0.1, 0.15) is 38.0 Å². The highest BCUT2D eigenvalue weighted by atomic mass is 16.5. The molecule has 1 aromatic heterocycles. The Balaban J connectivity index is 1.55. The van der Waals surface area contributed by atoms with Crippen molar-refractivity contribution in [3.63, 3.8) is 0 Å². The number of hydrogen-bond acceptors (Lipinski definition) is 5. The van der Waals surface area contributed by atoms with Crippen molar-refractivity contribution in [2.24, 2.45) is 5.92 Å². The maximum absolute atomic E-state index is 11.7. The molecule has 0 spiro atoms. The molecule has 4 rings (SSSR count). The molecule has 3 atom stereocenters. The lowest BCUT2D eigenvalue weighted by atomic mass is 9.85. The SMILES string of the molecule is O=C(O)[C@@H]1C[C@H]2CCCC[C@@H]2N1Cc1nc(-c2ccccc2)no1. The summed E-state index contributed by atoms with van der Waals surface area (Å²) in [5.41, 5.74) is 0.902. The molecule has 6 nitrogen and oxygen atoms in total. The van der Waals surface area contributed by atoms with Crippen molar-refractivity contribution in [1.29, 1.82) is 0 Å². The van der Waals surface area contributed by atoms with E-state index < -0.39 is 12.0 Å². The van der Waals surface area contributed by atoms with Gasteiger partial charge >= 0.3 is 5.97 Å². The van der Waals surface area contributed by atoms with Gasteiger partial charge in [0.05, 0.1) is 6.54 Å². The maximum atomic E-state index is 11.7. The summed E-state index contributed by atoms with van der Waals surface area (Å²) in [6, 6.07) is 9.55. The maximum Gasteiger partial charge on any atom is 0.320 e. The standard InChI is InChI=1S/C18H21N3O3/c22-18(23)15-10-13-8-4-5-9-14(13)21(15)11-16-19-17(20-24-16)12-6-2-1-3-7-12/h1-3,6-7,13-15H,4-5,8-11H2,(H,22,23)/t13-,14+,15+/m1/s1. The molecular weight excluding hydrogens is 306 g/mol. The Morgan fingerprint density at radius 3 is 2.83 bits per heavy atom. The van der Waals surface area contributed by atoms with Gasteiger partial charge in [-0.2, -0.15) is 4.98 Å². The summed E-state index contributed by atoms with van der Waals surface area (Å²) < 4.78 is 5.39. The number of carbonyl (C=O) groups is 1. The van der Waals surface area contributed by atoms with Gasteiger partial charge in [0, 0.05) is 11.6 Å². The normalized spacial score (nSPS) is 27.1. The number of benzene rings is 1. The van der Waals surface area contributed by atoms with E-state index in [-0.39, 0.29) is 0 Å². The van der Waals surface area contributed by atoms with Gasteiger partial charge in [-0.1, -0.05) is 48.3 Å². The molecule has 0 radical (unpaired) electrons. The van der Waals surface area contributed by atoms with Crippen molar-refractivity contribution >= 4 is 5.97 Å². The molecule has 0 unspecified atom stereocenters. The lowest BCUT2D eigenvalue weighted by Gasteiger charge is -2.31. The molecule has 1 saturated heterocycles. The molecule has 1 N–H and O–H groups in total. The minimum atomic E-state index is -0.743. The van der Waals surface area contributed by atoms with Gasteiger partial charge in [-0.05, 0) is 25.2 Å². The summed E-state index contributed by atoms with van der Waals surface area (Å²) in [4.78, 5) is 18.2. The van der Waals surface area contributed by atoms with Crippen LogP contribution in [0.2, 0.25) is 0 Å². The van der Waals surface area contributed by atoms with Crippen LogP contribution in [-0.4, -0.2) is 38.2 Å². The number of rotatable bonds is 4. The Kier molecular flexibility index (Phi) is 4.06. The third-order valence-electron chi connectivity index (χ3n) is 5.32. The molecular formula is C18H21N3O3. The van der Waals surface area contributed by atoms with Gasteiger partial charge in [0.1, 0.15) is 6.04 Å². The van der Waals surface area contributed by atoms with Gasteiger partial charge in [0.15, 0.2) is 0 Å². The second-order valence-electron chi connectivity index (χ2n) is 6.75. The van der Waals surface area contributed by atoms with Gasteiger partial charge in [-0.25, -0.2) is 0 Å². The topological polar surface area (TPSA) is 79.5 Å². The summed E-state index contributed by atoms with van der Waals surface area (Å²) in [6.07, 6.45) is 5.31. The fourth-order valence-electron chi connectivity index (χ4n) is 4.20. The highest BCUT2D eigenvalue weighted by Crippen LogP contribution is 2.40. The van der Waals surface area contributed by atoms with Crippen LogP contribution >= 0.6 is 0 Å². The molecule has 1 aliphatic carbocycles. The average Bonchev–Trinajstić information content (AvgIpc) is 3.21. The molecule has 1 aromatic carbocycles. The predicted octanol–water partition coefficient (Wildman–Crippen LogP) is 2.95. The van der Waals surface area contributed by atoms with E-state index in [0.29, 0.717) is 30.2 Å². The van der Waals surface area contributed by atoms with Crippen LogP contribution < -0.4 is 0 Å². The zero-order chi connectivity index (χ0) is 16.5. The minimum absolute atomic E-state index is 0.326. The summed E-state index contributed by atoms with van der Waals surface area (Å²) in [5.74, 6) is 0.784. The van der Waals surface area contributed by atoms with Crippen molar-refractivity contribution in [3.8, 4) is 11.4 Å². The Hall–Kier alpha value is -2.21. The van der Waals surface area contributed by atoms with Crippen LogP contribution in [0.15, 0.2) is 34.9 Å². The van der Waals surface area contributed by atoms with Crippen molar-refractivity contribution in [2.45, 2.75) is 50.7 Å². The number of likely N-dealkylation sites (tertiary alicyclic amines) is 1. The first-order valence-electron chi connectivity index (χ1n) is 8.59. The highest BCUT2D eigenvalue weighted by molar-refractivity contribution is 5.74. The molecule has 1 aliphatic heterocycles. The second kappa shape index (κ2) is 6.36. The fourth-order valence-corrected chi connectivity index (χ4v) is 4.20. The molecule has 2 aliphatic rings. The quantitative estimate of drug-likeness (QED) is 0.930.